The molecule has 1 saturated heterocycles. The summed E-state index contributed by atoms with van der Waals surface area (Å²) in [5.41, 5.74) is 6.57. The summed E-state index contributed by atoms with van der Waals surface area (Å²) in [6, 6.07) is 6.07. The first kappa shape index (κ1) is 96.3. The Morgan fingerprint density at radius 2 is 1.36 bits per heavy atom. The van der Waals surface area contributed by atoms with Gasteiger partial charge in [-0.15, -0.1) is 5.54 Å². The van der Waals surface area contributed by atoms with Crippen LogP contribution in [0.15, 0.2) is 97.1 Å². The lowest BCUT2D eigenvalue weighted by molar-refractivity contribution is -0.333. The normalized spacial score (nSPS) is 26.7. The maximum Gasteiger partial charge on any atom is 0.330 e. The number of rotatable bonds is 27. The number of fused-ring (bicyclic) bond motifs is 16. The molecule has 3 fully saturated rings. The number of aliphatic hydroxyl groups is 8. The van der Waals surface area contributed by atoms with Gasteiger partial charge in [0.1, 0.15) is 104 Å². The Bertz CT molecular complexity index is 5250. The number of amides is 8. The number of carboxylic acids is 1. The second-order valence-corrected chi connectivity index (χ2v) is 39.9. The lowest BCUT2D eigenvalue weighted by atomic mass is 9.44. The molecule has 0 spiro atoms. The highest BCUT2D eigenvalue weighted by atomic mass is 35.5. The number of benzene rings is 6. The van der Waals surface area contributed by atoms with Crippen LogP contribution in [-0.4, -0.2) is 235 Å². The molecule has 688 valence electrons. The summed E-state index contributed by atoms with van der Waals surface area (Å²) in [5.74, 6) is -14.2. The SMILES string of the molecule is CN[C@H](CC(C)C)C(=O)N[C@H]1C(=O)N[C@@H](CC(N)=O)C(=O)N[C@H]2C(=O)N[C@@H]3C(=O)N[C@H](C(=O)N[C@H](C(=O)O)c4cc(O)c(CNCCCNC(=O)CCC[C@H](O)CO)c(O)c4-c4cc3ccc4O)[C@H](O)c3ccc(c(Cl)c3)Oc3cc2cc(c3OC2O[C@H](CO)C(O)C(O)[C@H]2O[C@H]2CC3(NCc4ccc(C#C[Si](C)(C)C)cc4)C2[C@@H](C)[C@H]3O)Oc2ccc(cc2Cl)[C@H]1O. The first-order valence-corrected chi connectivity index (χ1v) is 46.1. The van der Waals surface area contributed by atoms with Crippen molar-refractivity contribution in [3.8, 4) is 68.6 Å². The molecule has 40 heteroatoms. The maximum absolute atomic E-state index is 16.5. The number of carbonyl (C=O) groups excluding carboxylic acids is 8. The number of phenols is 3. The van der Waals surface area contributed by atoms with Crippen LogP contribution in [0.4, 0.5) is 0 Å². The van der Waals surface area contributed by atoms with Gasteiger partial charge in [0.15, 0.2) is 17.5 Å². The number of phenolic OH excluding ortho intramolecular Hbond substituents is 3. The van der Waals surface area contributed by atoms with E-state index in [9.17, 15) is 75.3 Å². The molecule has 6 heterocycles. The van der Waals surface area contributed by atoms with Gasteiger partial charge in [-0.25, -0.2) is 4.79 Å². The van der Waals surface area contributed by atoms with Crippen LogP contribution in [0.25, 0.3) is 11.1 Å². The third-order valence-electron chi connectivity index (χ3n) is 23.6. The molecule has 6 aromatic rings. The number of aromatic hydroxyl groups is 3. The monoisotopic (exact) mass is 1830 g/mol. The molecule has 6 aromatic carbocycles. The van der Waals surface area contributed by atoms with Crippen LogP contribution < -0.4 is 73.1 Å². The number of nitrogens with two attached hydrogens (primary N) is 1. The fourth-order valence-electron chi connectivity index (χ4n) is 16.7. The average Bonchev–Trinajstić information content (AvgIpc) is 0.680. The Kier molecular flexibility index (Phi) is 30.7. The molecular weight excluding hydrogens is 1730 g/mol. The number of ether oxygens (including phenoxy) is 5. The van der Waals surface area contributed by atoms with Crippen molar-refractivity contribution in [3.05, 3.63) is 152 Å². The number of nitrogens with one attached hydrogen (secondary N) is 10. The fraction of sp³-hybridized carbons (Fsp3) is 0.466. The standard InChI is InChI=1S/C88H107Cl2N11O26Si/c1-39(2)26-53(92-4)80(115)100-70-72(109)44-17-20-57(51(89)28-44)123-59-30-46-31-60(77(59)127-87-78(76(113)75(112)62(38-103)126-87)125-61-34-88(66(61)40(3)79(88)114)95-35-42-14-12-41(13-15-42)22-25-128(5,6)7)124-58-21-18-45(29-52(58)90)73(110)71-85(120)99-69(86(121)122)49-32-56(106)50(36-93-23-9-24-94-64(108)11-8-10-47(104)37-102)74(111)65(49)48-27-43(16-19-55(48)105)67(82(117)101-71)98-83(118)68(46)97-81(116)54(33-63(91)107)96-84(70)119/h12-21,27-32,39-40,47,53-54,61-62,66-73,75-76,78-79,87,92-93,95,102-106,109-114H,8-11,23-24,26,33-38H2,1-7H3,(H2,91,107)(H,94,108)(H,96,119)(H,97,116)(H,98,118)(H,99,120)(H,100,115)(H,101,117)(H,121,122)/t40-,47+,53-,54+,61+,62-,66?,67+,68-,69+,70-,71+,72-,73-,75?,76?,78-,79-,87?,88?/m1/s1. The number of aliphatic carboxylic acids is 1. The summed E-state index contributed by atoms with van der Waals surface area (Å²) in [4.78, 5) is 132. The number of hydrogen-bond donors (Lipinski definition) is 23. The Hall–Kier alpha value is -10.8. The molecule has 8 aliphatic rings. The molecule has 2 saturated carbocycles. The van der Waals surface area contributed by atoms with E-state index >= 15 is 24.0 Å². The maximum atomic E-state index is 16.5. The van der Waals surface area contributed by atoms with Crippen molar-refractivity contribution in [2.75, 3.05) is 33.4 Å². The number of likely N-dealkylation sites (N-methyl/N-ethyl adjacent to an activating group) is 1. The molecule has 11 bridgehead atoms. The first-order valence-electron chi connectivity index (χ1n) is 41.9. The Morgan fingerprint density at radius 1 is 0.719 bits per heavy atom. The smallest absolute Gasteiger partial charge is 0.330 e. The van der Waals surface area contributed by atoms with Gasteiger partial charge in [0.2, 0.25) is 59.3 Å². The van der Waals surface area contributed by atoms with Crippen molar-refractivity contribution in [1.29, 1.82) is 0 Å². The predicted molar refractivity (Wildman–Crippen MR) is 461 cm³/mol. The summed E-state index contributed by atoms with van der Waals surface area (Å²) in [6.07, 6.45) is -16.4. The number of hydrogen-bond acceptors (Lipinski definition) is 28. The molecule has 20 atom stereocenters. The van der Waals surface area contributed by atoms with Crippen LogP contribution in [0.5, 0.6) is 46.0 Å². The first-order chi connectivity index (χ1) is 60.7. The van der Waals surface area contributed by atoms with Gasteiger partial charge < -0.3 is 144 Å². The van der Waals surface area contributed by atoms with Gasteiger partial charge >= 0.3 is 5.97 Å². The zero-order chi connectivity index (χ0) is 92.8. The van der Waals surface area contributed by atoms with Gasteiger partial charge in [0, 0.05) is 54.2 Å². The Morgan fingerprint density at radius 3 is 1.98 bits per heavy atom. The van der Waals surface area contributed by atoms with E-state index in [-0.39, 0.29) is 90.9 Å². The molecule has 0 radical (unpaired) electrons. The highest BCUT2D eigenvalue weighted by molar-refractivity contribution is 6.83. The van der Waals surface area contributed by atoms with Gasteiger partial charge in [-0.05, 0) is 152 Å². The summed E-state index contributed by atoms with van der Waals surface area (Å²) in [7, 11) is -0.220. The molecule has 128 heavy (non-hydrogen) atoms. The third kappa shape index (κ3) is 21.5. The van der Waals surface area contributed by atoms with Crippen molar-refractivity contribution in [2.45, 2.75) is 208 Å². The van der Waals surface area contributed by atoms with Crippen molar-refractivity contribution >= 4 is 84.5 Å². The van der Waals surface area contributed by atoms with Crippen molar-refractivity contribution in [1.82, 2.24) is 53.2 Å². The molecule has 5 unspecified atom stereocenters. The molecule has 0 aromatic heterocycles. The average molecular weight is 1830 g/mol. The number of primary amides is 1. The van der Waals surface area contributed by atoms with Gasteiger partial charge in [-0.1, -0.05) is 99.9 Å². The zero-order valence-corrected chi connectivity index (χ0v) is 73.4. The fourth-order valence-corrected chi connectivity index (χ4v) is 17.7. The van der Waals surface area contributed by atoms with Gasteiger partial charge in [-0.2, -0.15) is 0 Å². The number of aliphatic hydroxyl groups excluding tert-OH is 8. The van der Waals surface area contributed by atoms with E-state index in [1.54, 1.807) is 0 Å². The summed E-state index contributed by atoms with van der Waals surface area (Å²) in [6.45, 7) is 10.6. The van der Waals surface area contributed by atoms with Crippen LogP contribution in [0.3, 0.4) is 0 Å². The molecular formula is C88H107Cl2N11O26Si. The van der Waals surface area contributed by atoms with E-state index in [0.717, 1.165) is 71.8 Å². The van der Waals surface area contributed by atoms with Crippen molar-refractivity contribution in [2.24, 2.45) is 23.5 Å². The number of carbonyl (C=O) groups is 9. The van der Waals surface area contributed by atoms with Crippen molar-refractivity contribution < 1.29 is 128 Å². The highest BCUT2D eigenvalue weighted by Crippen LogP contribution is 2.60. The largest absolute Gasteiger partial charge is 0.507 e. The van der Waals surface area contributed by atoms with Gasteiger partial charge in [-0.3, -0.25) is 38.4 Å². The third-order valence-corrected chi connectivity index (χ3v) is 25.0. The minimum Gasteiger partial charge on any atom is -0.507 e. The second kappa shape index (κ2) is 40.9. The molecule has 2 aliphatic carbocycles. The van der Waals surface area contributed by atoms with Crippen LogP contribution in [-0.2, 0) is 65.7 Å². The molecule has 24 N–H and O–H groups in total. The lowest BCUT2D eigenvalue weighted by Gasteiger charge is -2.69. The van der Waals surface area contributed by atoms with E-state index in [0.29, 0.717) is 6.54 Å². The Balaban J connectivity index is 1.01. The van der Waals surface area contributed by atoms with Crippen LogP contribution >= 0.6 is 23.2 Å². The zero-order valence-electron chi connectivity index (χ0n) is 70.9. The van der Waals surface area contributed by atoms with E-state index in [1.807, 2.05) is 45.0 Å². The van der Waals surface area contributed by atoms with Crippen LogP contribution in [0.1, 0.15) is 141 Å². The Labute approximate surface area is 746 Å². The topological polar surface area (TPSA) is 589 Å². The predicted octanol–water partition coefficient (Wildman–Crippen LogP) is 2.17. The summed E-state index contributed by atoms with van der Waals surface area (Å²) < 4.78 is 33.6. The molecule has 6 aliphatic heterocycles. The lowest BCUT2D eigenvalue weighted by Crippen LogP contribution is -2.83. The van der Waals surface area contributed by atoms with Crippen molar-refractivity contribution in [3.63, 3.8) is 0 Å². The van der Waals surface area contributed by atoms with Gasteiger partial charge in [0.05, 0.1) is 65.1 Å². The molecule has 37 nitrogen and oxygen atoms in total. The number of halogens is 2. The second-order valence-electron chi connectivity index (χ2n) is 34.3. The van der Waals surface area contributed by atoms with E-state index in [4.69, 9.17) is 57.7 Å². The highest BCUT2D eigenvalue weighted by Gasteiger charge is 2.71. The molecule has 14 rings (SSSR count). The van der Waals surface area contributed by atoms with E-state index in [1.165, 1.54) is 19.2 Å². The number of carboxylic acid groups (broad SMARTS) is 1. The van der Waals surface area contributed by atoms with E-state index in [2.05, 4.69) is 84.3 Å². The summed E-state index contributed by atoms with van der Waals surface area (Å²) in [5, 5.41) is 164. The minimum absolute atomic E-state index is 0.0473. The van der Waals surface area contributed by atoms with Crippen LogP contribution in [0.2, 0.25) is 29.7 Å². The van der Waals surface area contributed by atoms with Crippen LogP contribution in [0, 0.1) is 29.2 Å². The summed E-state index contributed by atoms with van der Waals surface area (Å²) >= 11 is 14.4. The van der Waals surface area contributed by atoms with Gasteiger partial charge in [0.25, 0.3) is 0 Å². The quantitative estimate of drug-likeness (QED) is 0.0200. The molecule has 8 amide bonds. The minimum atomic E-state index is -2.39. The van der Waals surface area contributed by atoms with E-state index < -0.39 is 276 Å².